The van der Waals surface area contributed by atoms with Crippen LogP contribution in [0.5, 0.6) is 5.75 Å². The van der Waals surface area contributed by atoms with E-state index in [1.165, 1.54) is 6.07 Å². The van der Waals surface area contributed by atoms with E-state index in [0.29, 0.717) is 5.56 Å². The quantitative estimate of drug-likeness (QED) is 0.819. The zero-order chi connectivity index (χ0) is 13.7. The standard InChI is InChI=1S/C13H18FNO3/c1-4-17-13(16)9(3)18-10-5-6-11(8(2)15)12(14)7-10/h5-9H,4,15H2,1-3H3. The predicted molar refractivity (Wildman–Crippen MR) is 65.7 cm³/mol. The van der Waals surface area contributed by atoms with Crippen LogP contribution in [0.1, 0.15) is 32.4 Å². The first-order valence-corrected chi connectivity index (χ1v) is 5.84. The summed E-state index contributed by atoms with van der Waals surface area (Å²) in [6.07, 6.45) is -0.773. The molecular formula is C13H18FNO3. The monoisotopic (exact) mass is 255 g/mol. The van der Waals surface area contributed by atoms with Crippen molar-refractivity contribution >= 4 is 5.97 Å². The van der Waals surface area contributed by atoms with Gasteiger partial charge in [0.05, 0.1) is 6.61 Å². The summed E-state index contributed by atoms with van der Waals surface area (Å²) < 4.78 is 23.7. The van der Waals surface area contributed by atoms with E-state index in [1.807, 2.05) is 0 Å². The van der Waals surface area contributed by atoms with E-state index in [4.69, 9.17) is 15.2 Å². The molecule has 0 radical (unpaired) electrons. The number of carbonyl (C=O) groups excluding carboxylic acids is 1. The number of halogens is 1. The zero-order valence-electron chi connectivity index (χ0n) is 10.8. The third-order valence-electron chi connectivity index (χ3n) is 2.39. The van der Waals surface area contributed by atoms with Gasteiger partial charge in [0.25, 0.3) is 0 Å². The topological polar surface area (TPSA) is 61.5 Å². The Morgan fingerprint density at radius 3 is 2.61 bits per heavy atom. The van der Waals surface area contributed by atoms with Crippen LogP contribution in [-0.4, -0.2) is 18.7 Å². The lowest BCUT2D eigenvalue weighted by Crippen LogP contribution is -2.26. The van der Waals surface area contributed by atoms with Crippen LogP contribution in [0.4, 0.5) is 4.39 Å². The van der Waals surface area contributed by atoms with Gasteiger partial charge >= 0.3 is 5.97 Å². The zero-order valence-corrected chi connectivity index (χ0v) is 10.8. The van der Waals surface area contributed by atoms with Gasteiger partial charge in [-0.2, -0.15) is 0 Å². The predicted octanol–water partition coefficient (Wildman–Crippen LogP) is 2.18. The molecule has 18 heavy (non-hydrogen) atoms. The van der Waals surface area contributed by atoms with Gasteiger partial charge in [-0.05, 0) is 26.8 Å². The second-order valence-corrected chi connectivity index (χ2v) is 3.98. The largest absolute Gasteiger partial charge is 0.479 e. The molecule has 0 saturated carbocycles. The molecule has 0 saturated heterocycles. The average Bonchev–Trinajstić information content (AvgIpc) is 2.28. The molecule has 0 aliphatic rings. The van der Waals surface area contributed by atoms with Crippen molar-refractivity contribution in [1.82, 2.24) is 0 Å². The Balaban J connectivity index is 2.74. The van der Waals surface area contributed by atoms with E-state index >= 15 is 0 Å². The summed E-state index contributed by atoms with van der Waals surface area (Å²) in [5, 5.41) is 0. The number of rotatable bonds is 5. The highest BCUT2D eigenvalue weighted by Gasteiger charge is 2.16. The van der Waals surface area contributed by atoms with Crippen LogP contribution in [0.3, 0.4) is 0 Å². The van der Waals surface area contributed by atoms with Gasteiger partial charge in [-0.1, -0.05) is 6.07 Å². The van der Waals surface area contributed by atoms with Gasteiger partial charge in [0.2, 0.25) is 0 Å². The summed E-state index contributed by atoms with van der Waals surface area (Å²) >= 11 is 0. The lowest BCUT2D eigenvalue weighted by Gasteiger charge is -2.14. The van der Waals surface area contributed by atoms with Crippen molar-refractivity contribution in [3.05, 3.63) is 29.6 Å². The van der Waals surface area contributed by atoms with Gasteiger partial charge in [-0.25, -0.2) is 9.18 Å². The third-order valence-corrected chi connectivity index (χ3v) is 2.39. The Kier molecular flexibility index (Phi) is 5.09. The van der Waals surface area contributed by atoms with Crippen molar-refractivity contribution in [3.8, 4) is 5.75 Å². The normalized spacial score (nSPS) is 13.8. The molecule has 1 aromatic rings. The summed E-state index contributed by atoms with van der Waals surface area (Å²) in [5.74, 6) is -0.648. The molecular weight excluding hydrogens is 237 g/mol. The molecule has 4 nitrogen and oxygen atoms in total. The summed E-state index contributed by atoms with van der Waals surface area (Å²) in [6, 6.07) is 3.96. The highest BCUT2D eigenvalue weighted by Crippen LogP contribution is 2.21. The minimum absolute atomic E-state index is 0.275. The molecule has 0 heterocycles. The van der Waals surface area contributed by atoms with Gasteiger partial charge in [-0.3, -0.25) is 0 Å². The molecule has 0 fully saturated rings. The SMILES string of the molecule is CCOC(=O)C(C)Oc1ccc(C(C)N)c(F)c1. The molecule has 0 aliphatic heterocycles. The molecule has 0 aliphatic carbocycles. The van der Waals surface area contributed by atoms with Crippen molar-refractivity contribution in [2.75, 3.05) is 6.61 Å². The van der Waals surface area contributed by atoms with E-state index in [2.05, 4.69) is 0 Å². The van der Waals surface area contributed by atoms with Crippen molar-refractivity contribution < 1.29 is 18.7 Å². The first-order valence-electron chi connectivity index (χ1n) is 5.84. The fraction of sp³-hybridized carbons (Fsp3) is 0.462. The summed E-state index contributed by atoms with van der Waals surface area (Å²) in [7, 11) is 0. The number of hydrogen-bond acceptors (Lipinski definition) is 4. The first-order chi connectivity index (χ1) is 8.45. The van der Waals surface area contributed by atoms with Crippen LogP contribution in [0.25, 0.3) is 0 Å². The van der Waals surface area contributed by atoms with Crippen molar-refractivity contribution in [2.24, 2.45) is 5.73 Å². The van der Waals surface area contributed by atoms with Crippen LogP contribution in [0.15, 0.2) is 18.2 Å². The second-order valence-electron chi connectivity index (χ2n) is 3.98. The molecule has 2 unspecified atom stereocenters. The second kappa shape index (κ2) is 6.35. The number of hydrogen-bond donors (Lipinski definition) is 1. The smallest absolute Gasteiger partial charge is 0.347 e. The maximum Gasteiger partial charge on any atom is 0.347 e. The number of nitrogens with two attached hydrogens (primary N) is 1. The van der Waals surface area contributed by atoms with Gasteiger partial charge in [0.15, 0.2) is 6.10 Å². The number of esters is 1. The minimum atomic E-state index is -0.773. The Morgan fingerprint density at radius 2 is 2.11 bits per heavy atom. The molecule has 0 spiro atoms. The molecule has 5 heteroatoms. The highest BCUT2D eigenvalue weighted by molar-refractivity contribution is 5.74. The van der Waals surface area contributed by atoms with Crippen molar-refractivity contribution in [3.63, 3.8) is 0 Å². The van der Waals surface area contributed by atoms with Crippen LogP contribution in [-0.2, 0) is 9.53 Å². The number of benzene rings is 1. The third kappa shape index (κ3) is 3.70. The Morgan fingerprint density at radius 1 is 1.44 bits per heavy atom. The van der Waals surface area contributed by atoms with Crippen LogP contribution in [0.2, 0.25) is 0 Å². The molecule has 1 aromatic carbocycles. The molecule has 0 amide bonds. The van der Waals surface area contributed by atoms with E-state index < -0.39 is 17.9 Å². The van der Waals surface area contributed by atoms with Gasteiger partial charge in [0, 0.05) is 17.7 Å². The molecule has 0 bridgehead atoms. The molecule has 2 atom stereocenters. The van der Waals surface area contributed by atoms with Gasteiger partial charge in [-0.15, -0.1) is 0 Å². The number of ether oxygens (including phenoxy) is 2. The number of carbonyl (C=O) groups is 1. The summed E-state index contributed by atoms with van der Waals surface area (Å²) in [6.45, 7) is 5.24. The summed E-state index contributed by atoms with van der Waals surface area (Å²) in [4.78, 5) is 11.3. The molecule has 2 N–H and O–H groups in total. The maximum absolute atomic E-state index is 13.6. The Labute approximate surface area is 106 Å². The van der Waals surface area contributed by atoms with Gasteiger partial charge < -0.3 is 15.2 Å². The molecule has 0 aromatic heterocycles. The molecule has 100 valence electrons. The van der Waals surface area contributed by atoms with E-state index in [0.717, 1.165) is 0 Å². The van der Waals surface area contributed by atoms with Crippen LogP contribution < -0.4 is 10.5 Å². The average molecular weight is 255 g/mol. The van der Waals surface area contributed by atoms with E-state index in [9.17, 15) is 9.18 Å². The van der Waals surface area contributed by atoms with E-state index in [1.54, 1.807) is 32.9 Å². The Hall–Kier alpha value is -1.62. The van der Waals surface area contributed by atoms with E-state index in [-0.39, 0.29) is 18.4 Å². The summed E-state index contributed by atoms with van der Waals surface area (Å²) in [5.41, 5.74) is 6.01. The van der Waals surface area contributed by atoms with Crippen molar-refractivity contribution in [2.45, 2.75) is 32.9 Å². The van der Waals surface area contributed by atoms with Crippen LogP contribution in [0, 0.1) is 5.82 Å². The highest BCUT2D eigenvalue weighted by atomic mass is 19.1. The van der Waals surface area contributed by atoms with Crippen molar-refractivity contribution in [1.29, 1.82) is 0 Å². The lowest BCUT2D eigenvalue weighted by molar-refractivity contribution is -0.150. The lowest BCUT2D eigenvalue weighted by atomic mass is 10.1. The Bertz CT molecular complexity index is 421. The fourth-order valence-corrected chi connectivity index (χ4v) is 1.46. The molecule has 1 rings (SSSR count). The first kappa shape index (κ1) is 14.4. The minimum Gasteiger partial charge on any atom is -0.479 e. The van der Waals surface area contributed by atoms with Crippen LogP contribution >= 0.6 is 0 Å². The maximum atomic E-state index is 13.6. The van der Waals surface area contributed by atoms with Gasteiger partial charge in [0.1, 0.15) is 11.6 Å². The fourth-order valence-electron chi connectivity index (χ4n) is 1.46.